The number of hydrogen-bond acceptors (Lipinski definition) is 3. The second kappa shape index (κ2) is 6.49. The average Bonchev–Trinajstić information content (AvgIpc) is 2.61. The van der Waals surface area contributed by atoms with Crippen molar-refractivity contribution in [1.29, 1.82) is 4.78 Å². The Balaban J connectivity index is 2.41. The molecule has 0 saturated carbocycles. The van der Waals surface area contributed by atoms with Crippen molar-refractivity contribution < 1.29 is 8.95 Å². The van der Waals surface area contributed by atoms with Gasteiger partial charge in [0.25, 0.3) is 0 Å². The quantitative estimate of drug-likeness (QED) is 0.723. The van der Waals surface area contributed by atoms with Crippen LogP contribution in [-0.2, 0) is 9.73 Å². The lowest BCUT2D eigenvalue weighted by Crippen LogP contribution is -2.02. The van der Waals surface area contributed by atoms with Gasteiger partial charge in [0.05, 0.1) is 21.7 Å². The molecule has 1 unspecified atom stereocenters. The Labute approximate surface area is 142 Å². The van der Waals surface area contributed by atoms with Gasteiger partial charge in [0.15, 0.2) is 0 Å². The van der Waals surface area contributed by atoms with Crippen molar-refractivity contribution in [2.45, 2.75) is 4.90 Å². The maximum Gasteiger partial charge on any atom is 0.120 e. The summed E-state index contributed by atoms with van der Waals surface area (Å²) in [6, 6.07) is 23.1. The number of benzene rings is 3. The smallest absolute Gasteiger partial charge is 0.120 e. The van der Waals surface area contributed by atoms with E-state index in [1.54, 1.807) is 7.11 Å². The Morgan fingerprint density at radius 3 is 1.58 bits per heavy atom. The number of hydrogen-bond donors (Lipinski definition) is 1. The van der Waals surface area contributed by atoms with E-state index < -0.39 is 9.73 Å². The number of rotatable bonds is 4. The van der Waals surface area contributed by atoms with Gasteiger partial charge in [-0.15, -0.1) is 0 Å². The largest absolute Gasteiger partial charge is 0.497 e. The minimum Gasteiger partial charge on any atom is -0.497 e. The van der Waals surface area contributed by atoms with Crippen molar-refractivity contribution in [2.24, 2.45) is 0 Å². The van der Waals surface area contributed by atoms with Gasteiger partial charge in [0.2, 0.25) is 0 Å². The van der Waals surface area contributed by atoms with Gasteiger partial charge in [-0.25, -0.2) is 8.99 Å². The molecule has 24 heavy (non-hydrogen) atoms. The third-order valence-electron chi connectivity index (χ3n) is 3.86. The zero-order chi connectivity index (χ0) is 17.2. The highest BCUT2D eigenvalue weighted by Crippen LogP contribution is 2.39. The predicted molar refractivity (Wildman–Crippen MR) is 98.9 cm³/mol. The Hall–Kier alpha value is -2.59. The van der Waals surface area contributed by atoms with Gasteiger partial charge in [0, 0.05) is 17.4 Å². The molecular formula is C20H19NO2S. The van der Waals surface area contributed by atoms with Crippen molar-refractivity contribution >= 4 is 9.73 Å². The molecule has 122 valence electrons. The molecule has 0 amide bonds. The molecule has 0 spiro atoms. The Morgan fingerprint density at radius 1 is 0.833 bits per heavy atom. The topological polar surface area (TPSA) is 50.1 Å². The molecule has 0 saturated heterocycles. The molecule has 0 aromatic heterocycles. The molecule has 1 N–H and O–H groups in total. The monoisotopic (exact) mass is 337 g/mol. The van der Waals surface area contributed by atoms with Gasteiger partial charge in [0.1, 0.15) is 5.75 Å². The molecule has 3 nitrogen and oxygen atoms in total. The normalized spacial score (nSPS) is 13.2. The van der Waals surface area contributed by atoms with E-state index in [1.807, 2.05) is 72.8 Å². The predicted octanol–water partition coefficient (Wildman–Crippen LogP) is 5.06. The molecule has 3 aromatic carbocycles. The molecule has 4 heteroatoms. The van der Waals surface area contributed by atoms with Gasteiger partial charge < -0.3 is 4.74 Å². The van der Waals surface area contributed by atoms with E-state index in [-0.39, 0.29) is 0 Å². The summed E-state index contributed by atoms with van der Waals surface area (Å²) in [4.78, 5) is 0.542. The third-order valence-corrected chi connectivity index (χ3v) is 5.08. The van der Waals surface area contributed by atoms with Gasteiger partial charge >= 0.3 is 0 Å². The number of ether oxygens (including phenoxy) is 1. The van der Waals surface area contributed by atoms with Crippen molar-refractivity contribution in [3.63, 3.8) is 0 Å². The molecule has 0 bridgehead atoms. The van der Waals surface area contributed by atoms with Crippen LogP contribution in [0, 0.1) is 4.78 Å². The summed E-state index contributed by atoms with van der Waals surface area (Å²) in [5, 5.41) is 0. The summed E-state index contributed by atoms with van der Waals surface area (Å²) in [5.41, 5.74) is 3.39. The highest BCUT2D eigenvalue weighted by Gasteiger charge is 2.20. The van der Waals surface area contributed by atoms with Crippen LogP contribution in [0.4, 0.5) is 0 Å². The van der Waals surface area contributed by atoms with Crippen LogP contribution >= 0.6 is 0 Å². The first kappa shape index (κ1) is 16.3. The lowest BCUT2D eigenvalue weighted by Gasteiger charge is -2.17. The lowest BCUT2D eigenvalue weighted by atomic mass is 9.98. The number of methoxy groups -OCH3 is 1. The summed E-state index contributed by atoms with van der Waals surface area (Å²) < 4.78 is 26.5. The molecule has 0 heterocycles. The molecular weight excluding hydrogens is 318 g/mol. The van der Waals surface area contributed by atoms with Gasteiger partial charge in [-0.05, 0) is 23.3 Å². The van der Waals surface area contributed by atoms with E-state index in [9.17, 15) is 4.21 Å². The van der Waals surface area contributed by atoms with Crippen LogP contribution in [-0.4, -0.2) is 17.6 Å². The second-order valence-corrected chi connectivity index (χ2v) is 7.72. The van der Waals surface area contributed by atoms with Crippen molar-refractivity contribution in [3.8, 4) is 28.0 Å². The Bertz CT molecular complexity index is 889. The first-order valence-electron chi connectivity index (χ1n) is 7.57. The summed E-state index contributed by atoms with van der Waals surface area (Å²) in [5.74, 6) is 0.681. The van der Waals surface area contributed by atoms with E-state index in [0.29, 0.717) is 10.6 Å². The maximum absolute atomic E-state index is 12.8. The fourth-order valence-corrected chi connectivity index (χ4v) is 4.00. The van der Waals surface area contributed by atoms with Crippen LogP contribution in [0.5, 0.6) is 5.75 Å². The fourth-order valence-electron chi connectivity index (χ4n) is 2.80. The van der Waals surface area contributed by atoms with E-state index >= 15 is 0 Å². The summed E-state index contributed by atoms with van der Waals surface area (Å²) in [6.45, 7) is 0. The van der Waals surface area contributed by atoms with Crippen LogP contribution < -0.4 is 4.74 Å². The van der Waals surface area contributed by atoms with Gasteiger partial charge in [-0.3, -0.25) is 0 Å². The summed E-state index contributed by atoms with van der Waals surface area (Å²) >= 11 is 0. The highest BCUT2D eigenvalue weighted by atomic mass is 32.2. The van der Waals surface area contributed by atoms with Crippen LogP contribution in [0.25, 0.3) is 22.3 Å². The third kappa shape index (κ3) is 3.19. The molecule has 1 atom stereocenters. The van der Waals surface area contributed by atoms with Crippen LogP contribution in [0.1, 0.15) is 0 Å². The highest BCUT2D eigenvalue weighted by molar-refractivity contribution is 7.92. The molecule has 3 rings (SSSR count). The standard InChI is InChI=1S/C20H19NO2S/c1-23-17-13-18(15-9-5-3-6-10-15)20(24(2,21)22)19(14-17)16-11-7-4-8-12-16/h3-14,21H,1-2H3. The number of nitrogens with one attached hydrogen (secondary N) is 1. The summed E-state index contributed by atoms with van der Waals surface area (Å²) in [6.07, 6.45) is 1.47. The van der Waals surface area contributed by atoms with E-state index in [1.165, 1.54) is 6.26 Å². The minimum absolute atomic E-state index is 0.542. The van der Waals surface area contributed by atoms with Gasteiger partial charge in [-0.1, -0.05) is 60.7 Å². The maximum atomic E-state index is 12.8. The Kier molecular flexibility index (Phi) is 4.40. The van der Waals surface area contributed by atoms with Crippen LogP contribution in [0.15, 0.2) is 77.7 Å². The second-order valence-electron chi connectivity index (χ2n) is 5.63. The van der Waals surface area contributed by atoms with Crippen molar-refractivity contribution in [1.82, 2.24) is 0 Å². The molecule has 0 aliphatic carbocycles. The first-order chi connectivity index (χ1) is 11.5. The van der Waals surface area contributed by atoms with Gasteiger partial charge in [-0.2, -0.15) is 0 Å². The Morgan fingerprint density at radius 2 is 1.25 bits per heavy atom. The zero-order valence-corrected chi connectivity index (χ0v) is 14.5. The SMILES string of the molecule is COc1cc(-c2ccccc2)c(S(C)(=N)=O)c(-c2ccccc2)c1. The van der Waals surface area contributed by atoms with Crippen molar-refractivity contribution in [2.75, 3.05) is 13.4 Å². The zero-order valence-electron chi connectivity index (χ0n) is 13.7. The van der Waals surface area contributed by atoms with Crippen LogP contribution in [0.3, 0.4) is 0 Å². The average molecular weight is 337 g/mol. The van der Waals surface area contributed by atoms with Crippen LogP contribution in [0.2, 0.25) is 0 Å². The fraction of sp³-hybridized carbons (Fsp3) is 0.100. The molecule has 0 fully saturated rings. The van der Waals surface area contributed by atoms with E-state index in [0.717, 1.165) is 22.3 Å². The first-order valence-corrected chi connectivity index (χ1v) is 9.54. The van der Waals surface area contributed by atoms with E-state index in [2.05, 4.69) is 0 Å². The summed E-state index contributed by atoms with van der Waals surface area (Å²) in [7, 11) is -1.33. The van der Waals surface area contributed by atoms with E-state index in [4.69, 9.17) is 9.52 Å². The molecule has 0 aliphatic heterocycles. The molecule has 0 radical (unpaired) electrons. The molecule has 0 aliphatic rings. The molecule has 3 aromatic rings. The lowest BCUT2D eigenvalue weighted by molar-refractivity contribution is 0.415. The van der Waals surface area contributed by atoms with Crippen molar-refractivity contribution in [3.05, 3.63) is 72.8 Å². The minimum atomic E-state index is -2.94.